The molecule has 0 N–H and O–H groups in total. The monoisotopic (exact) mass is 496 g/mol. The molecule has 2 aliphatic heterocycles. The third-order valence-corrected chi connectivity index (χ3v) is 6.78. The van der Waals surface area contributed by atoms with Gasteiger partial charge in [0, 0.05) is 45.8 Å². The van der Waals surface area contributed by atoms with Crippen LogP contribution >= 0.6 is 0 Å². The molecule has 2 aliphatic rings. The molecule has 2 saturated heterocycles. The van der Waals surface area contributed by atoms with E-state index >= 15 is 0 Å². The van der Waals surface area contributed by atoms with Crippen LogP contribution in [-0.4, -0.2) is 72.4 Å². The molecule has 0 aliphatic carbocycles. The van der Waals surface area contributed by atoms with E-state index in [0.29, 0.717) is 38.0 Å². The Morgan fingerprint density at radius 1 is 0.972 bits per heavy atom. The van der Waals surface area contributed by atoms with Crippen LogP contribution in [0.3, 0.4) is 0 Å². The molecule has 7 nitrogen and oxygen atoms in total. The Balaban J connectivity index is 1.34. The average molecular weight is 497 g/mol. The first-order valence-electron chi connectivity index (χ1n) is 12.3. The summed E-state index contributed by atoms with van der Waals surface area (Å²) in [6, 6.07) is 15.7. The van der Waals surface area contributed by atoms with Crippen LogP contribution in [-0.2, 0) is 11.3 Å². The number of carbonyl (C=O) groups is 2. The lowest BCUT2D eigenvalue weighted by Crippen LogP contribution is -2.47. The van der Waals surface area contributed by atoms with E-state index in [2.05, 4.69) is 15.7 Å². The van der Waals surface area contributed by atoms with Crippen molar-refractivity contribution >= 4 is 11.8 Å². The lowest BCUT2D eigenvalue weighted by molar-refractivity contribution is -0.136. The minimum absolute atomic E-state index is 0.0461. The van der Waals surface area contributed by atoms with Crippen molar-refractivity contribution in [1.29, 1.82) is 5.26 Å². The van der Waals surface area contributed by atoms with E-state index in [0.717, 1.165) is 31.6 Å². The number of halogens is 2. The van der Waals surface area contributed by atoms with Gasteiger partial charge in [-0.05, 0) is 49.1 Å². The van der Waals surface area contributed by atoms with Crippen LogP contribution < -0.4 is 4.74 Å². The molecule has 0 aromatic heterocycles. The summed E-state index contributed by atoms with van der Waals surface area (Å²) in [4.78, 5) is 32.3. The zero-order valence-electron chi connectivity index (χ0n) is 20.1. The van der Waals surface area contributed by atoms with E-state index in [-0.39, 0.29) is 29.7 Å². The molecule has 0 radical (unpaired) electrons. The molecule has 9 heteroatoms. The standard InChI is InChI=1S/C27H30F2N4O3/c28-27(29)36-24-7-2-1-6-23(24)26(35)33-13-3-5-22(19-33)25(34)32-14-4-12-31(15-16-32)18-21-10-8-20(17-30)9-11-21/h1-2,6-11,22,27H,3-5,12-16,18-19H2/t22-/m1/s1. The summed E-state index contributed by atoms with van der Waals surface area (Å²) in [6.45, 7) is 1.40. The van der Waals surface area contributed by atoms with Crippen LogP contribution in [0.5, 0.6) is 5.75 Å². The highest BCUT2D eigenvalue weighted by Crippen LogP contribution is 2.26. The number of amides is 2. The van der Waals surface area contributed by atoms with Gasteiger partial charge >= 0.3 is 6.61 Å². The molecule has 2 aromatic carbocycles. The maximum absolute atomic E-state index is 13.4. The van der Waals surface area contributed by atoms with Crippen LogP contribution in [0.2, 0.25) is 0 Å². The van der Waals surface area contributed by atoms with Crippen molar-refractivity contribution in [1.82, 2.24) is 14.7 Å². The number of benzene rings is 2. The van der Waals surface area contributed by atoms with Gasteiger partial charge in [-0.1, -0.05) is 24.3 Å². The molecule has 2 fully saturated rings. The molecular weight excluding hydrogens is 466 g/mol. The van der Waals surface area contributed by atoms with Crippen molar-refractivity contribution in [2.75, 3.05) is 39.3 Å². The Kier molecular flexibility index (Phi) is 8.49. The minimum Gasteiger partial charge on any atom is -0.434 e. The maximum atomic E-state index is 13.4. The van der Waals surface area contributed by atoms with Crippen LogP contribution in [0.4, 0.5) is 8.78 Å². The van der Waals surface area contributed by atoms with Crippen molar-refractivity contribution in [2.24, 2.45) is 5.92 Å². The molecule has 2 heterocycles. The summed E-state index contributed by atoms with van der Waals surface area (Å²) in [7, 11) is 0. The maximum Gasteiger partial charge on any atom is 0.387 e. The molecular formula is C27H30F2N4O3. The lowest BCUT2D eigenvalue weighted by Gasteiger charge is -2.35. The topological polar surface area (TPSA) is 76.9 Å². The van der Waals surface area contributed by atoms with Gasteiger partial charge < -0.3 is 14.5 Å². The number of rotatable bonds is 6. The second-order valence-corrected chi connectivity index (χ2v) is 9.23. The molecule has 0 saturated carbocycles. The fourth-order valence-electron chi connectivity index (χ4n) is 4.93. The average Bonchev–Trinajstić information content (AvgIpc) is 3.14. The number of alkyl halides is 2. The summed E-state index contributed by atoms with van der Waals surface area (Å²) >= 11 is 0. The van der Waals surface area contributed by atoms with E-state index in [1.807, 2.05) is 29.2 Å². The fraction of sp³-hybridized carbons (Fsp3) is 0.444. The first-order valence-corrected chi connectivity index (χ1v) is 12.3. The number of likely N-dealkylation sites (tertiary alicyclic amines) is 1. The number of carbonyl (C=O) groups excluding carboxylic acids is 2. The molecule has 0 bridgehead atoms. The number of nitriles is 1. The molecule has 0 unspecified atom stereocenters. The SMILES string of the molecule is N#Cc1ccc(CN2CCCN(C(=O)[C@@H]3CCCN(C(=O)c4ccccc4OC(F)F)C3)CC2)cc1. The molecule has 0 spiro atoms. The zero-order valence-corrected chi connectivity index (χ0v) is 20.1. The number of para-hydroxylation sites is 1. The number of hydrogen-bond donors (Lipinski definition) is 0. The van der Waals surface area contributed by atoms with Gasteiger partial charge in [-0.15, -0.1) is 0 Å². The highest BCUT2D eigenvalue weighted by Gasteiger charge is 2.33. The highest BCUT2D eigenvalue weighted by atomic mass is 19.3. The Hall–Kier alpha value is -3.51. The molecule has 190 valence electrons. The molecule has 4 rings (SSSR count). The number of piperidine rings is 1. The Morgan fingerprint density at radius 3 is 2.47 bits per heavy atom. The number of hydrogen-bond acceptors (Lipinski definition) is 5. The largest absolute Gasteiger partial charge is 0.434 e. The summed E-state index contributed by atoms with van der Waals surface area (Å²) in [5.41, 5.74) is 1.85. The Bertz CT molecular complexity index is 1100. The second-order valence-electron chi connectivity index (χ2n) is 9.23. The van der Waals surface area contributed by atoms with Gasteiger partial charge in [0.25, 0.3) is 5.91 Å². The van der Waals surface area contributed by atoms with Gasteiger partial charge in [0.05, 0.1) is 23.1 Å². The van der Waals surface area contributed by atoms with Crippen LogP contribution in [0, 0.1) is 17.2 Å². The van der Waals surface area contributed by atoms with E-state index < -0.39 is 12.5 Å². The number of nitrogens with zero attached hydrogens (tertiary/aromatic N) is 4. The van der Waals surface area contributed by atoms with Gasteiger partial charge in [-0.25, -0.2) is 0 Å². The van der Waals surface area contributed by atoms with Crippen molar-refractivity contribution in [3.05, 3.63) is 65.2 Å². The Morgan fingerprint density at radius 2 is 1.72 bits per heavy atom. The first kappa shape index (κ1) is 25.6. The van der Waals surface area contributed by atoms with Gasteiger partial charge in [-0.3, -0.25) is 14.5 Å². The van der Waals surface area contributed by atoms with Crippen molar-refractivity contribution in [3.8, 4) is 11.8 Å². The smallest absolute Gasteiger partial charge is 0.387 e. The summed E-state index contributed by atoms with van der Waals surface area (Å²) in [6.07, 6.45) is 2.23. The van der Waals surface area contributed by atoms with Crippen LogP contribution in [0.15, 0.2) is 48.5 Å². The Labute approximate surface area is 209 Å². The van der Waals surface area contributed by atoms with Crippen molar-refractivity contribution in [2.45, 2.75) is 32.4 Å². The van der Waals surface area contributed by atoms with E-state index in [4.69, 9.17) is 5.26 Å². The first-order chi connectivity index (χ1) is 17.4. The van der Waals surface area contributed by atoms with Crippen molar-refractivity contribution in [3.63, 3.8) is 0 Å². The summed E-state index contributed by atoms with van der Waals surface area (Å²) < 4.78 is 30.1. The van der Waals surface area contributed by atoms with Crippen LogP contribution in [0.25, 0.3) is 0 Å². The molecule has 1 atom stereocenters. The quantitative estimate of drug-likeness (QED) is 0.609. The predicted molar refractivity (Wildman–Crippen MR) is 129 cm³/mol. The molecule has 2 aromatic rings. The normalized spacial score (nSPS) is 19.0. The summed E-state index contributed by atoms with van der Waals surface area (Å²) in [5, 5.41) is 8.97. The van der Waals surface area contributed by atoms with Gasteiger partial charge in [-0.2, -0.15) is 14.0 Å². The molecule has 2 amide bonds. The third-order valence-electron chi connectivity index (χ3n) is 6.78. The van der Waals surface area contributed by atoms with E-state index in [1.165, 1.54) is 12.1 Å². The van der Waals surface area contributed by atoms with Gasteiger partial charge in [0.2, 0.25) is 5.91 Å². The summed E-state index contributed by atoms with van der Waals surface area (Å²) in [5.74, 6) is -0.810. The number of ether oxygens (including phenoxy) is 1. The third kappa shape index (κ3) is 6.38. The fourth-order valence-corrected chi connectivity index (χ4v) is 4.93. The van der Waals surface area contributed by atoms with Crippen LogP contribution in [0.1, 0.15) is 40.7 Å². The van der Waals surface area contributed by atoms with E-state index in [1.54, 1.807) is 17.0 Å². The second kappa shape index (κ2) is 12.0. The van der Waals surface area contributed by atoms with Gasteiger partial charge in [0.1, 0.15) is 5.75 Å². The van der Waals surface area contributed by atoms with Crippen molar-refractivity contribution < 1.29 is 23.1 Å². The lowest BCUT2D eigenvalue weighted by atomic mass is 9.95. The zero-order chi connectivity index (χ0) is 25.5. The minimum atomic E-state index is -3.02. The van der Waals surface area contributed by atoms with E-state index in [9.17, 15) is 18.4 Å². The highest BCUT2D eigenvalue weighted by molar-refractivity contribution is 5.97. The predicted octanol–water partition coefficient (Wildman–Crippen LogP) is 3.75. The molecule has 36 heavy (non-hydrogen) atoms. The van der Waals surface area contributed by atoms with Gasteiger partial charge in [0.15, 0.2) is 0 Å².